The highest BCUT2D eigenvalue weighted by Crippen LogP contribution is 2.42. The molecule has 3 aliphatic rings. The van der Waals surface area contributed by atoms with E-state index < -0.39 is 45.6 Å². The molecule has 1 aliphatic heterocycles. The van der Waals surface area contributed by atoms with Gasteiger partial charge in [-0.15, -0.1) is 0 Å². The smallest absolute Gasteiger partial charge is 0.190 e. The quantitative estimate of drug-likeness (QED) is 0.151. The number of ether oxygens (including phenoxy) is 2. The lowest BCUT2D eigenvalue weighted by Crippen LogP contribution is -2.59. The summed E-state index contributed by atoms with van der Waals surface area (Å²) in [5.74, 6) is 0.462. The van der Waals surface area contributed by atoms with Crippen LogP contribution in [0.25, 0.3) is 16.8 Å². The second-order valence-electron chi connectivity index (χ2n) is 10.8. The summed E-state index contributed by atoms with van der Waals surface area (Å²) >= 11 is 0. The summed E-state index contributed by atoms with van der Waals surface area (Å²) in [5, 5.41) is 51.6. The lowest BCUT2D eigenvalue weighted by molar-refractivity contribution is -0.300. The molecule has 0 aromatic heterocycles. The molecule has 1 heterocycles. The van der Waals surface area contributed by atoms with Gasteiger partial charge in [0.05, 0.1) is 18.8 Å². The molecule has 1 saturated carbocycles. The second-order valence-corrected chi connectivity index (χ2v) is 12.2. The Morgan fingerprint density at radius 3 is 2.54 bits per heavy atom. The Morgan fingerprint density at radius 2 is 1.78 bits per heavy atom. The molecule has 0 bridgehead atoms. The molecule has 2 aromatic carbocycles. The fourth-order valence-electron chi connectivity index (χ4n) is 5.92. The predicted molar refractivity (Wildman–Crippen MR) is 157 cm³/mol. The summed E-state index contributed by atoms with van der Waals surface area (Å²) in [6, 6.07) is 8.46. The number of aliphatic hydroxyl groups is 4. The zero-order chi connectivity index (χ0) is 29.1. The molecule has 8 atom stereocenters. The third kappa shape index (κ3) is 6.44. The maximum Gasteiger partial charge on any atom is 0.190 e. The van der Waals surface area contributed by atoms with Gasteiger partial charge in [0.25, 0.3) is 0 Å². The number of rotatable bonds is 11. The number of likely N-dealkylation sites (N-methyl/N-ethyl adjacent to an activating group) is 1. The molecule has 0 spiro atoms. The number of hydrogen-bond acceptors (Lipinski definition) is 11. The van der Waals surface area contributed by atoms with Crippen LogP contribution >= 0.6 is 8.30 Å². The van der Waals surface area contributed by atoms with Gasteiger partial charge in [0.2, 0.25) is 0 Å². The fourth-order valence-corrected chi connectivity index (χ4v) is 7.20. The SMILES string of the molecule is CNC1CCCCC1N[P@](C)Oc1ccc2ccc(NCCOC3OC(CO)C(O)C(O)C3O)c3c2c1C(=O)C=C3. The van der Waals surface area contributed by atoms with Crippen molar-refractivity contribution in [1.29, 1.82) is 0 Å². The number of ketones is 1. The highest BCUT2D eigenvalue weighted by molar-refractivity contribution is 7.49. The van der Waals surface area contributed by atoms with E-state index in [0.29, 0.717) is 29.9 Å². The summed E-state index contributed by atoms with van der Waals surface area (Å²) in [5.41, 5.74) is 2.21. The van der Waals surface area contributed by atoms with Gasteiger partial charge >= 0.3 is 0 Å². The van der Waals surface area contributed by atoms with E-state index in [1.807, 2.05) is 38.0 Å². The first-order valence-electron chi connectivity index (χ1n) is 14.2. The van der Waals surface area contributed by atoms with Gasteiger partial charge in [-0.1, -0.05) is 25.0 Å². The summed E-state index contributed by atoms with van der Waals surface area (Å²) in [4.78, 5) is 13.1. The van der Waals surface area contributed by atoms with Gasteiger partial charge in [-0.2, -0.15) is 0 Å². The number of benzene rings is 2. The zero-order valence-electron chi connectivity index (χ0n) is 23.3. The van der Waals surface area contributed by atoms with Crippen molar-refractivity contribution in [3.05, 3.63) is 41.5 Å². The molecule has 12 heteroatoms. The molecule has 41 heavy (non-hydrogen) atoms. The molecule has 0 radical (unpaired) electrons. The third-order valence-electron chi connectivity index (χ3n) is 8.10. The van der Waals surface area contributed by atoms with E-state index >= 15 is 0 Å². The fraction of sp³-hybridized carbons (Fsp3) is 0.552. The zero-order valence-corrected chi connectivity index (χ0v) is 24.2. The molecule has 11 nitrogen and oxygen atoms in total. The highest BCUT2D eigenvalue weighted by Gasteiger charge is 2.44. The molecule has 7 unspecified atom stereocenters. The summed E-state index contributed by atoms with van der Waals surface area (Å²) in [6.07, 6.45) is 1.39. The van der Waals surface area contributed by atoms with Crippen molar-refractivity contribution in [3.8, 4) is 5.75 Å². The first kappa shape index (κ1) is 30.3. The minimum atomic E-state index is -1.49. The van der Waals surface area contributed by atoms with Gasteiger partial charge in [-0.25, -0.2) is 0 Å². The molecule has 1 saturated heterocycles. The summed E-state index contributed by atoms with van der Waals surface area (Å²) in [7, 11) is 0.982. The molecule has 224 valence electrons. The third-order valence-corrected chi connectivity index (χ3v) is 9.27. The van der Waals surface area contributed by atoms with Crippen molar-refractivity contribution in [1.82, 2.24) is 10.4 Å². The van der Waals surface area contributed by atoms with Crippen LogP contribution < -0.4 is 20.2 Å². The standard InChI is InChI=1S/C29H40N3O8P/c1-30-19-5-3-4-6-20(19)32-41(2)40-22-12-8-16-7-10-18(17-9-11-21(34)25(22)24(16)17)31-13-14-38-29-28(37)27(36)26(35)23(15-33)39-29/h7-12,19-20,23,26-33,35-37H,3-6,13-15H2,1-2H3/t19?,20?,23?,26?,27?,28?,29?,41-/m0/s1. The van der Waals surface area contributed by atoms with Crippen LogP contribution in [0.5, 0.6) is 5.75 Å². The molecule has 5 rings (SSSR count). The summed E-state index contributed by atoms with van der Waals surface area (Å²) < 4.78 is 17.4. The first-order valence-corrected chi connectivity index (χ1v) is 15.9. The maximum atomic E-state index is 13.1. The Morgan fingerprint density at radius 1 is 1.02 bits per heavy atom. The van der Waals surface area contributed by atoms with Crippen LogP contribution in [0.15, 0.2) is 30.3 Å². The van der Waals surface area contributed by atoms with Gasteiger partial charge in [-0.3, -0.25) is 9.88 Å². The Kier molecular flexibility index (Phi) is 9.91. The van der Waals surface area contributed by atoms with Crippen molar-refractivity contribution in [2.24, 2.45) is 0 Å². The largest absolute Gasteiger partial charge is 0.458 e. The second kappa shape index (κ2) is 13.4. The average molecular weight is 590 g/mol. The van der Waals surface area contributed by atoms with Crippen molar-refractivity contribution in [2.45, 2.75) is 68.5 Å². The molecular formula is C29H40N3O8P. The minimum Gasteiger partial charge on any atom is -0.458 e. The predicted octanol–water partition coefficient (Wildman–Crippen LogP) is 1.72. The van der Waals surface area contributed by atoms with E-state index in [1.165, 1.54) is 12.8 Å². The molecule has 7 N–H and O–H groups in total. The van der Waals surface area contributed by atoms with Gasteiger partial charge in [0.15, 0.2) is 20.4 Å². The normalized spacial score (nSPS) is 30.4. The van der Waals surface area contributed by atoms with Crippen molar-refractivity contribution in [3.63, 3.8) is 0 Å². The van der Waals surface area contributed by atoms with Crippen LogP contribution in [0, 0.1) is 0 Å². The topological polar surface area (TPSA) is 162 Å². The number of aliphatic hydroxyl groups excluding tert-OH is 4. The average Bonchev–Trinajstić information content (AvgIpc) is 2.98. The van der Waals surface area contributed by atoms with Gasteiger partial charge in [-0.05, 0) is 49.6 Å². The number of nitrogens with one attached hydrogen (secondary N) is 3. The monoisotopic (exact) mass is 589 g/mol. The Balaban J connectivity index is 1.27. The Bertz CT molecular complexity index is 1260. The first-order chi connectivity index (χ1) is 19.8. The van der Waals surface area contributed by atoms with Crippen LogP contribution in [-0.2, 0) is 9.47 Å². The van der Waals surface area contributed by atoms with Gasteiger partial charge in [0.1, 0.15) is 30.2 Å². The number of carbonyl (C=O) groups excluding carboxylic acids is 1. The van der Waals surface area contributed by atoms with E-state index in [9.17, 15) is 25.2 Å². The number of hydrogen-bond donors (Lipinski definition) is 7. The van der Waals surface area contributed by atoms with E-state index in [2.05, 4.69) is 15.7 Å². The minimum absolute atomic E-state index is 0.102. The molecule has 2 aliphatic carbocycles. The van der Waals surface area contributed by atoms with Crippen LogP contribution in [0.1, 0.15) is 41.6 Å². The number of anilines is 1. The van der Waals surface area contributed by atoms with E-state index in [0.717, 1.165) is 34.9 Å². The van der Waals surface area contributed by atoms with Crippen molar-refractivity contribution < 1.29 is 39.2 Å². The van der Waals surface area contributed by atoms with Crippen LogP contribution in [0.2, 0.25) is 0 Å². The lowest BCUT2D eigenvalue weighted by Gasteiger charge is -2.39. The van der Waals surface area contributed by atoms with Crippen LogP contribution in [0.4, 0.5) is 5.69 Å². The lowest BCUT2D eigenvalue weighted by atomic mass is 9.90. The summed E-state index contributed by atoms with van der Waals surface area (Å²) in [6.45, 7) is 1.96. The Hall–Kier alpha value is -2.18. The number of allylic oxidation sites excluding steroid dienone is 1. The highest BCUT2D eigenvalue weighted by atomic mass is 31.2. The van der Waals surface area contributed by atoms with Crippen molar-refractivity contribution in [2.75, 3.05) is 38.8 Å². The van der Waals surface area contributed by atoms with Crippen LogP contribution in [0.3, 0.4) is 0 Å². The number of carbonyl (C=O) groups is 1. The van der Waals surface area contributed by atoms with E-state index in [-0.39, 0.29) is 12.4 Å². The molecular weight excluding hydrogens is 549 g/mol. The van der Waals surface area contributed by atoms with Crippen LogP contribution in [-0.4, -0.2) is 102 Å². The van der Waals surface area contributed by atoms with Crippen molar-refractivity contribution >= 4 is 36.6 Å². The molecule has 2 aromatic rings. The maximum absolute atomic E-state index is 13.1. The van der Waals surface area contributed by atoms with Gasteiger partial charge < -0.3 is 45.1 Å². The van der Waals surface area contributed by atoms with E-state index in [1.54, 1.807) is 12.2 Å². The Labute approximate surface area is 240 Å². The molecule has 2 fully saturated rings. The molecule has 0 amide bonds. The van der Waals surface area contributed by atoms with Gasteiger partial charge in [0, 0.05) is 41.9 Å². The van der Waals surface area contributed by atoms with E-state index in [4.69, 9.17) is 14.0 Å².